The fourth-order valence-corrected chi connectivity index (χ4v) is 3.80. The quantitative estimate of drug-likeness (QED) is 0.730. The highest BCUT2D eigenvalue weighted by Crippen LogP contribution is 2.46. The lowest BCUT2D eigenvalue weighted by Crippen LogP contribution is -2.69. The highest BCUT2D eigenvalue weighted by atomic mass is 15.3. The van der Waals surface area contributed by atoms with E-state index in [9.17, 15) is 0 Å². The van der Waals surface area contributed by atoms with E-state index in [-0.39, 0.29) is 0 Å². The van der Waals surface area contributed by atoms with Crippen LogP contribution in [0.25, 0.3) is 0 Å². The van der Waals surface area contributed by atoms with Gasteiger partial charge in [-0.2, -0.15) is 0 Å². The minimum Gasteiger partial charge on any atom is -0.300 e. The van der Waals surface area contributed by atoms with Crippen LogP contribution in [0, 0.1) is 11.3 Å². The van der Waals surface area contributed by atoms with Crippen molar-refractivity contribution < 1.29 is 0 Å². The molecule has 2 atom stereocenters. The van der Waals surface area contributed by atoms with E-state index in [0.717, 1.165) is 18.0 Å². The molecule has 1 spiro atoms. The molecule has 2 heterocycles. The van der Waals surface area contributed by atoms with Crippen LogP contribution in [0.4, 0.5) is 0 Å². The summed E-state index contributed by atoms with van der Waals surface area (Å²) < 4.78 is 0. The molecule has 0 amide bonds. The van der Waals surface area contributed by atoms with Crippen molar-refractivity contribution in [2.24, 2.45) is 11.3 Å². The predicted molar refractivity (Wildman–Crippen MR) is 74.2 cm³/mol. The maximum atomic E-state index is 2.72. The van der Waals surface area contributed by atoms with E-state index in [1.807, 2.05) is 0 Å². The van der Waals surface area contributed by atoms with Gasteiger partial charge in [0, 0.05) is 43.2 Å². The van der Waals surface area contributed by atoms with Crippen LogP contribution >= 0.6 is 0 Å². The van der Waals surface area contributed by atoms with Crippen LogP contribution in [-0.4, -0.2) is 47.6 Å². The number of rotatable bonds is 2. The molecule has 0 aromatic carbocycles. The lowest BCUT2D eigenvalue weighted by Gasteiger charge is -2.61. The van der Waals surface area contributed by atoms with Crippen LogP contribution in [0.3, 0.4) is 0 Å². The van der Waals surface area contributed by atoms with Gasteiger partial charge in [0.25, 0.3) is 0 Å². The van der Waals surface area contributed by atoms with E-state index < -0.39 is 0 Å². The average Bonchev–Trinajstić information content (AvgIpc) is 2.13. The first-order chi connectivity index (χ1) is 7.85. The lowest BCUT2D eigenvalue weighted by atomic mass is 9.64. The first kappa shape index (κ1) is 13.4. The van der Waals surface area contributed by atoms with Crippen LogP contribution in [0.5, 0.6) is 0 Å². The van der Waals surface area contributed by atoms with Gasteiger partial charge in [-0.25, -0.2) is 0 Å². The Morgan fingerprint density at radius 1 is 0.941 bits per heavy atom. The Hall–Kier alpha value is -0.0800. The van der Waals surface area contributed by atoms with Crippen molar-refractivity contribution in [2.75, 3.05) is 19.6 Å². The fourth-order valence-electron chi connectivity index (χ4n) is 3.80. The third kappa shape index (κ3) is 2.26. The van der Waals surface area contributed by atoms with E-state index in [1.165, 1.54) is 26.1 Å². The van der Waals surface area contributed by atoms with E-state index in [0.29, 0.717) is 11.5 Å². The Morgan fingerprint density at radius 2 is 1.53 bits per heavy atom. The van der Waals surface area contributed by atoms with Gasteiger partial charge in [0.05, 0.1) is 0 Å². The molecule has 0 saturated carbocycles. The first-order valence-electron chi connectivity index (χ1n) is 7.35. The average molecular weight is 238 g/mol. The molecule has 0 bridgehead atoms. The maximum Gasteiger partial charge on any atom is 0.0111 e. The van der Waals surface area contributed by atoms with Gasteiger partial charge in [-0.3, -0.25) is 9.80 Å². The highest BCUT2D eigenvalue weighted by Gasteiger charge is 2.51. The number of hydrogen-bond acceptors (Lipinski definition) is 2. The zero-order chi connectivity index (χ0) is 12.8. The van der Waals surface area contributed by atoms with Gasteiger partial charge in [0.2, 0.25) is 0 Å². The monoisotopic (exact) mass is 238 g/mol. The Morgan fingerprint density at radius 3 is 2.00 bits per heavy atom. The second kappa shape index (κ2) is 4.55. The minimum absolute atomic E-state index is 0.598. The zero-order valence-electron chi connectivity index (χ0n) is 12.5. The molecule has 17 heavy (non-hydrogen) atoms. The third-order valence-corrected chi connectivity index (χ3v) is 5.23. The Kier molecular flexibility index (Phi) is 3.57. The Labute approximate surface area is 107 Å². The molecule has 2 aliphatic rings. The van der Waals surface area contributed by atoms with Gasteiger partial charge in [-0.15, -0.1) is 0 Å². The van der Waals surface area contributed by atoms with Crippen LogP contribution in [0.1, 0.15) is 48.0 Å². The predicted octanol–water partition coefficient (Wildman–Crippen LogP) is 2.84. The van der Waals surface area contributed by atoms with Gasteiger partial charge >= 0.3 is 0 Å². The smallest absolute Gasteiger partial charge is 0.0111 e. The molecule has 0 radical (unpaired) electrons. The van der Waals surface area contributed by atoms with Crippen LogP contribution < -0.4 is 0 Å². The van der Waals surface area contributed by atoms with Gasteiger partial charge in [-0.1, -0.05) is 6.92 Å². The molecule has 2 rings (SSSR count). The van der Waals surface area contributed by atoms with Crippen LogP contribution in [0.2, 0.25) is 0 Å². The molecular formula is C15H30N2. The normalized spacial score (nSPS) is 34.6. The summed E-state index contributed by atoms with van der Waals surface area (Å²) >= 11 is 0. The standard InChI is InChI=1S/C15H30N2/c1-11(2)16-8-15(9-16)10-17(12(3)4)14(6)7-13(15)5/h11-14H,7-10H2,1-6H3. The minimum atomic E-state index is 0.598. The molecule has 0 aromatic rings. The molecule has 2 unspecified atom stereocenters. The fraction of sp³-hybridized carbons (Fsp3) is 1.00. The first-order valence-corrected chi connectivity index (χ1v) is 7.35. The van der Waals surface area contributed by atoms with E-state index in [4.69, 9.17) is 0 Å². The van der Waals surface area contributed by atoms with E-state index in [2.05, 4.69) is 51.3 Å². The summed E-state index contributed by atoms with van der Waals surface area (Å²) in [5.41, 5.74) is 0.598. The number of nitrogens with zero attached hydrogens (tertiary/aromatic N) is 2. The van der Waals surface area contributed by atoms with Crippen LogP contribution in [-0.2, 0) is 0 Å². The molecule has 2 aliphatic heterocycles. The lowest BCUT2D eigenvalue weighted by molar-refractivity contribution is -0.122. The summed E-state index contributed by atoms with van der Waals surface area (Å²) in [7, 11) is 0. The molecule has 2 saturated heterocycles. The van der Waals surface area contributed by atoms with E-state index >= 15 is 0 Å². The van der Waals surface area contributed by atoms with Gasteiger partial charge in [0.1, 0.15) is 0 Å². The molecular weight excluding hydrogens is 208 g/mol. The summed E-state index contributed by atoms with van der Waals surface area (Å²) in [6.45, 7) is 18.2. The van der Waals surface area contributed by atoms with Crippen LogP contribution in [0.15, 0.2) is 0 Å². The van der Waals surface area contributed by atoms with Gasteiger partial charge in [-0.05, 0) is 47.0 Å². The molecule has 0 aliphatic carbocycles. The molecule has 0 N–H and O–H groups in total. The summed E-state index contributed by atoms with van der Waals surface area (Å²) in [5, 5.41) is 0. The van der Waals surface area contributed by atoms with Crippen molar-refractivity contribution >= 4 is 0 Å². The van der Waals surface area contributed by atoms with Crippen molar-refractivity contribution in [2.45, 2.75) is 66.1 Å². The summed E-state index contributed by atoms with van der Waals surface area (Å²) in [5.74, 6) is 0.891. The number of likely N-dealkylation sites (tertiary alicyclic amines) is 2. The van der Waals surface area contributed by atoms with Crippen molar-refractivity contribution in [3.05, 3.63) is 0 Å². The number of hydrogen-bond donors (Lipinski definition) is 0. The zero-order valence-corrected chi connectivity index (χ0v) is 12.5. The van der Waals surface area contributed by atoms with Crippen molar-refractivity contribution in [3.63, 3.8) is 0 Å². The molecule has 100 valence electrons. The van der Waals surface area contributed by atoms with Crippen molar-refractivity contribution in [3.8, 4) is 0 Å². The third-order valence-electron chi connectivity index (χ3n) is 5.23. The maximum absolute atomic E-state index is 2.72. The highest BCUT2D eigenvalue weighted by molar-refractivity contribution is 5.05. The van der Waals surface area contributed by atoms with Crippen molar-refractivity contribution in [1.29, 1.82) is 0 Å². The molecule has 0 aromatic heterocycles. The molecule has 2 heteroatoms. The SMILES string of the molecule is CC(C)N1CC2(C1)CN(C(C)C)C(C)CC2C. The second-order valence-corrected chi connectivity index (χ2v) is 7.11. The van der Waals surface area contributed by atoms with Crippen molar-refractivity contribution in [1.82, 2.24) is 9.80 Å². The van der Waals surface area contributed by atoms with Gasteiger partial charge in [0.15, 0.2) is 0 Å². The van der Waals surface area contributed by atoms with Gasteiger partial charge < -0.3 is 0 Å². The summed E-state index contributed by atoms with van der Waals surface area (Å²) in [4.78, 5) is 5.35. The number of piperidine rings is 1. The second-order valence-electron chi connectivity index (χ2n) is 7.11. The molecule has 2 nitrogen and oxygen atoms in total. The summed E-state index contributed by atoms with van der Waals surface area (Å²) in [6.07, 6.45) is 1.38. The topological polar surface area (TPSA) is 6.48 Å². The molecule has 2 fully saturated rings. The Balaban J connectivity index is 2.04. The largest absolute Gasteiger partial charge is 0.300 e. The summed E-state index contributed by atoms with van der Waals surface area (Å²) in [6, 6.07) is 2.19. The Bertz CT molecular complexity index is 266. The van der Waals surface area contributed by atoms with E-state index in [1.54, 1.807) is 0 Å².